The Morgan fingerprint density at radius 1 is 0.840 bits per heavy atom. The van der Waals surface area contributed by atoms with Crippen LogP contribution in [0.2, 0.25) is 0 Å². The Bertz CT molecular complexity index is 1450. The molecule has 0 radical (unpaired) electrons. The summed E-state index contributed by atoms with van der Waals surface area (Å²) in [5.74, 6) is -0.280. The summed E-state index contributed by atoms with van der Waals surface area (Å²) >= 11 is 15.5. The minimum Gasteiger partial charge on any atom is -0.462 e. The second-order valence-electron chi connectivity index (χ2n) is 9.07. The van der Waals surface area contributed by atoms with Gasteiger partial charge in [0.25, 0.3) is 10.1 Å². The molecule has 4 N–H and O–H groups in total. The first-order valence-electron chi connectivity index (χ1n) is 15.0. The monoisotopic (exact) mass is 837 g/mol. The third kappa shape index (κ3) is 30.0. The molecule has 286 valence electrons. The maximum absolute atomic E-state index is 11.0. The van der Waals surface area contributed by atoms with Crippen LogP contribution in [0.25, 0.3) is 0 Å². The lowest BCUT2D eigenvalue weighted by Crippen LogP contribution is -2.01. The predicted molar refractivity (Wildman–Crippen MR) is 206 cm³/mol. The number of nitrogens with two attached hydrogens (primary N) is 1. The summed E-state index contributed by atoms with van der Waals surface area (Å²) in [6.45, 7) is 14.6. The number of aryl methyl sites for hydroxylation is 4. The largest absolute Gasteiger partial charge is 0.462 e. The van der Waals surface area contributed by atoms with Crippen LogP contribution in [-0.4, -0.2) is 82.6 Å². The Morgan fingerprint density at radius 3 is 1.52 bits per heavy atom. The normalized spacial score (nSPS) is 11.2. The lowest BCUT2D eigenvalue weighted by atomic mass is 10.4. The van der Waals surface area contributed by atoms with Gasteiger partial charge in [-0.2, -0.15) is 8.42 Å². The molecule has 1 saturated heterocycles. The second-order valence-corrected chi connectivity index (χ2v) is 16.7. The predicted octanol–water partition coefficient (Wildman–Crippen LogP) is 6.63. The van der Waals surface area contributed by atoms with Crippen LogP contribution in [0.15, 0.2) is 24.8 Å². The van der Waals surface area contributed by atoms with Crippen molar-refractivity contribution in [3.05, 3.63) is 64.3 Å². The number of nitrogens with zero attached hydrogens (tertiary/aromatic N) is 4. The molecular formula is C30H49Cl2N5O8S5. The van der Waals surface area contributed by atoms with E-state index in [4.69, 9.17) is 48.6 Å². The second kappa shape index (κ2) is 32.0. The Hall–Kier alpha value is -1.68. The number of aromatic nitrogens is 4. The summed E-state index contributed by atoms with van der Waals surface area (Å²) in [4.78, 5) is 30.4. The minimum atomic E-state index is -3.33. The Labute approximate surface area is 322 Å². The number of hydrogen-bond acceptors (Lipinski definition) is 17. The third-order valence-corrected chi connectivity index (χ3v) is 8.86. The Balaban J connectivity index is 0. The quantitative estimate of drug-likeness (QED) is 0.102. The zero-order valence-electron chi connectivity index (χ0n) is 29.4. The highest BCUT2D eigenvalue weighted by Crippen LogP contribution is 2.14. The number of esters is 1. The molecule has 0 unspecified atom stereocenters. The highest BCUT2D eigenvalue weighted by Gasteiger charge is 2.08. The van der Waals surface area contributed by atoms with E-state index in [1.807, 2.05) is 33.9 Å². The summed E-state index contributed by atoms with van der Waals surface area (Å²) in [6.07, 6.45) is 10.3. The maximum Gasteiger partial charge on any atom is 0.349 e. The van der Waals surface area contributed by atoms with Crippen LogP contribution in [0.1, 0.15) is 71.0 Å². The number of halogens is 2. The zero-order chi connectivity index (χ0) is 38.4. The first kappa shape index (κ1) is 50.4. The summed E-state index contributed by atoms with van der Waals surface area (Å²) in [5, 5.41) is 20.2. The topological polar surface area (TPSA) is 197 Å². The molecule has 1 aliphatic rings. The van der Waals surface area contributed by atoms with Gasteiger partial charge in [-0.3, -0.25) is 4.18 Å². The molecule has 20 heteroatoms. The number of carbonyl (C=O) groups is 1. The van der Waals surface area contributed by atoms with Crippen LogP contribution < -0.4 is 5.73 Å². The number of hydrogen-bond donors (Lipinski definition) is 3. The van der Waals surface area contributed by atoms with Crippen molar-refractivity contribution in [3.8, 4) is 0 Å². The van der Waals surface area contributed by atoms with Crippen molar-refractivity contribution in [2.45, 2.75) is 74.1 Å². The molecule has 0 spiro atoms. The molecule has 0 saturated carbocycles. The smallest absolute Gasteiger partial charge is 0.349 e. The van der Waals surface area contributed by atoms with E-state index < -0.39 is 10.1 Å². The fourth-order valence-electron chi connectivity index (χ4n) is 2.78. The number of aliphatic hydroxyl groups is 2. The van der Waals surface area contributed by atoms with Crippen LogP contribution in [-0.2, 0) is 43.5 Å². The van der Waals surface area contributed by atoms with Crippen molar-refractivity contribution in [2.24, 2.45) is 5.73 Å². The average molecular weight is 839 g/mol. The lowest BCUT2D eigenvalue weighted by molar-refractivity contribution is 0.0531. The molecule has 0 aliphatic carbocycles. The van der Waals surface area contributed by atoms with Gasteiger partial charge in [-0.25, -0.2) is 24.7 Å². The summed E-state index contributed by atoms with van der Waals surface area (Å²) < 4.78 is 35.4. The van der Waals surface area contributed by atoms with Gasteiger partial charge >= 0.3 is 5.97 Å². The number of ether oxygens (including phenoxy) is 2. The van der Waals surface area contributed by atoms with Gasteiger partial charge in [-0.15, -0.1) is 68.5 Å². The van der Waals surface area contributed by atoms with E-state index in [1.165, 1.54) is 53.0 Å². The highest BCUT2D eigenvalue weighted by molar-refractivity contribution is 7.85. The number of alkyl halides is 2. The fourth-order valence-corrected chi connectivity index (χ4v) is 5.91. The Morgan fingerprint density at radius 2 is 1.26 bits per heavy atom. The summed E-state index contributed by atoms with van der Waals surface area (Å²) in [5.41, 5.74) is 5.33. The van der Waals surface area contributed by atoms with Gasteiger partial charge in [0.2, 0.25) is 0 Å². The molecule has 1 aliphatic heterocycles. The van der Waals surface area contributed by atoms with Crippen LogP contribution >= 0.6 is 68.5 Å². The van der Waals surface area contributed by atoms with Crippen molar-refractivity contribution < 1.29 is 37.1 Å². The van der Waals surface area contributed by atoms with Crippen LogP contribution in [0.5, 0.6) is 0 Å². The molecule has 0 atom stereocenters. The van der Waals surface area contributed by atoms with Gasteiger partial charge in [0.15, 0.2) is 0 Å². The maximum atomic E-state index is 11.0. The first-order chi connectivity index (χ1) is 23.7. The summed E-state index contributed by atoms with van der Waals surface area (Å²) in [7, 11) is -3.33. The third-order valence-electron chi connectivity index (χ3n) is 4.70. The molecule has 0 aromatic carbocycles. The molecule has 5 rings (SSSR count). The molecule has 4 aromatic heterocycles. The van der Waals surface area contributed by atoms with Crippen molar-refractivity contribution >= 4 is 84.6 Å². The zero-order valence-corrected chi connectivity index (χ0v) is 35.0. The minimum absolute atomic E-state index is 0.0876. The van der Waals surface area contributed by atoms with Crippen molar-refractivity contribution in [1.29, 1.82) is 0 Å². The average Bonchev–Trinajstić information content (AvgIpc) is 3.91. The molecule has 0 amide bonds. The van der Waals surface area contributed by atoms with Gasteiger partial charge in [0, 0.05) is 49.8 Å². The van der Waals surface area contributed by atoms with E-state index in [2.05, 4.69) is 24.1 Å². The molecule has 1 fully saturated rings. The van der Waals surface area contributed by atoms with E-state index in [1.54, 1.807) is 37.6 Å². The number of thiazole rings is 4. The molecular weight excluding hydrogens is 790 g/mol. The number of rotatable bonds is 7. The van der Waals surface area contributed by atoms with Crippen molar-refractivity contribution in [3.63, 3.8) is 0 Å². The van der Waals surface area contributed by atoms with E-state index in [0.717, 1.165) is 54.1 Å². The van der Waals surface area contributed by atoms with E-state index in [-0.39, 0.29) is 31.1 Å². The fraction of sp³-hybridized carbons (Fsp3) is 0.567. The summed E-state index contributed by atoms with van der Waals surface area (Å²) in [6, 6.07) is 0. The molecule has 5 heterocycles. The molecule has 13 nitrogen and oxygen atoms in total. The van der Waals surface area contributed by atoms with Crippen LogP contribution in [0.4, 0.5) is 0 Å². The van der Waals surface area contributed by atoms with E-state index in [0.29, 0.717) is 18.0 Å². The standard InChI is InChI=1S/C7H9NO2S.C6H9NO3S2.C5H8N2S.C5H7NOS.C4H8O.C2H6O.CH2Cl2/c1-3-10-7(9)6-4-8-5(2)11-6;1-5-7-3-6(11-5)4-10-12(2,8)9;1-4-7-3-5(2-6)8-4;1-4-6-2-5(3-7)8-4;1-2-4-5-3-1;1-2-3;2-1-3/h4H,3H2,1-2H3;3H,4H2,1-2H3;3H,2,6H2,1H3;2,7H,3H2,1H3;1-4H2;3H,2H2,1H3;1H2. The van der Waals surface area contributed by atoms with Crippen molar-refractivity contribution in [2.75, 3.05) is 38.0 Å². The number of aliphatic hydroxyl groups excluding tert-OH is 2. The molecule has 4 aromatic rings. The highest BCUT2D eigenvalue weighted by atomic mass is 35.5. The van der Waals surface area contributed by atoms with Crippen molar-refractivity contribution in [1.82, 2.24) is 19.9 Å². The van der Waals surface area contributed by atoms with Crippen LogP contribution in [0.3, 0.4) is 0 Å². The van der Waals surface area contributed by atoms with Gasteiger partial charge in [0.1, 0.15) is 11.5 Å². The van der Waals surface area contributed by atoms with Gasteiger partial charge in [-0.1, -0.05) is 0 Å². The van der Waals surface area contributed by atoms with E-state index >= 15 is 0 Å². The van der Waals surface area contributed by atoms with E-state index in [9.17, 15) is 13.2 Å². The SMILES string of the molecule is C1CCOC1.CCO.CCOC(=O)c1cnc(C)s1.Cc1ncc(CN)s1.Cc1ncc(CO)s1.Cc1ncc(COS(C)(=O)=O)s1.ClCCl. The van der Waals surface area contributed by atoms with Gasteiger partial charge in [-0.05, 0) is 54.4 Å². The van der Waals surface area contributed by atoms with Crippen LogP contribution in [0, 0.1) is 27.7 Å². The van der Waals surface area contributed by atoms with Gasteiger partial charge < -0.3 is 25.4 Å². The molecule has 0 bridgehead atoms. The molecule has 50 heavy (non-hydrogen) atoms. The lowest BCUT2D eigenvalue weighted by Gasteiger charge is -1.95. The Kier molecular flexibility index (Phi) is 32.3. The van der Waals surface area contributed by atoms with Gasteiger partial charge in [0.05, 0.1) is 60.8 Å². The number of carbonyl (C=O) groups excluding carboxylic acids is 1. The first-order valence-corrected chi connectivity index (χ1v) is 21.1.